The number of esters is 1. The van der Waals surface area contributed by atoms with Gasteiger partial charge in [-0.05, 0) is 43.8 Å². The second-order valence-electron chi connectivity index (χ2n) is 4.96. The Labute approximate surface area is 95.7 Å². The van der Waals surface area contributed by atoms with Crippen molar-refractivity contribution in [2.75, 3.05) is 0 Å². The van der Waals surface area contributed by atoms with E-state index in [1.165, 1.54) is 16.7 Å². The van der Waals surface area contributed by atoms with Gasteiger partial charge in [0, 0.05) is 11.5 Å². The van der Waals surface area contributed by atoms with E-state index in [9.17, 15) is 4.79 Å². The lowest BCUT2D eigenvalue weighted by Gasteiger charge is -2.32. The standard InChI is InChI=1S/C14H16O2/c1-8-4-3-5-10-6-7-11-9(2)14(15)16-13(11)12(8)10/h5,11,13H,2-4,6-7H2,1H3/t11-,13?/m0/s1. The fraction of sp³-hybridized carbons (Fsp3) is 0.500. The topological polar surface area (TPSA) is 26.3 Å². The van der Waals surface area contributed by atoms with E-state index in [1.54, 1.807) is 0 Å². The van der Waals surface area contributed by atoms with Crippen molar-refractivity contribution in [1.82, 2.24) is 0 Å². The molecule has 0 bridgehead atoms. The molecule has 2 heteroatoms. The van der Waals surface area contributed by atoms with Gasteiger partial charge < -0.3 is 4.74 Å². The minimum atomic E-state index is -0.192. The zero-order chi connectivity index (χ0) is 11.3. The smallest absolute Gasteiger partial charge is 0.334 e. The SMILES string of the molecule is C=C1C(=O)OC2C3=C(C)CCC=C3CC[C@@H]12. The van der Waals surface area contributed by atoms with Crippen LogP contribution in [0.4, 0.5) is 0 Å². The Balaban J connectivity index is 2.05. The van der Waals surface area contributed by atoms with E-state index in [4.69, 9.17) is 4.74 Å². The maximum atomic E-state index is 11.6. The van der Waals surface area contributed by atoms with Crippen LogP contribution in [0.5, 0.6) is 0 Å². The molecule has 0 spiro atoms. The summed E-state index contributed by atoms with van der Waals surface area (Å²) in [6.07, 6.45) is 6.61. The number of hydrogen-bond donors (Lipinski definition) is 0. The lowest BCUT2D eigenvalue weighted by Crippen LogP contribution is -2.27. The van der Waals surface area contributed by atoms with E-state index in [2.05, 4.69) is 19.6 Å². The molecule has 84 valence electrons. The van der Waals surface area contributed by atoms with Crippen LogP contribution >= 0.6 is 0 Å². The second-order valence-corrected chi connectivity index (χ2v) is 4.96. The summed E-state index contributed by atoms with van der Waals surface area (Å²) in [6.45, 7) is 6.03. The van der Waals surface area contributed by atoms with Gasteiger partial charge in [0.15, 0.2) is 0 Å². The molecule has 2 fully saturated rings. The minimum absolute atomic E-state index is 0.0275. The Morgan fingerprint density at radius 2 is 2.25 bits per heavy atom. The molecule has 0 aromatic carbocycles. The molecule has 16 heavy (non-hydrogen) atoms. The van der Waals surface area contributed by atoms with Gasteiger partial charge in [0.1, 0.15) is 6.10 Å². The minimum Gasteiger partial charge on any atom is -0.453 e. The summed E-state index contributed by atoms with van der Waals surface area (Å²) in [5.41, 5.74) is 4.78. The molecule has 1 aliphatic heterocycles. The fourth-order valence-electron chi connectivity index (χ4n) is 3.15. The molecule has 3 aliphatic rings. The third kappa shape index (κ3) is 1.22. The summed E-state index contributed by atoms with van der Waals surface area (Å²) in [7, 11) is 0. The first-order valence-corrected chi connectivity index (χ1v) is 5.97. The van der Waals surface area contributed by atoms with Crippen LogP contribution in [0, 0.1) is 5.92 Å². The van der Waals surface area contributed by atoms with E-state index in [0.717, 1.165) is 25.7 Å². The average molecular weight is 216 g/mol. The summed E-state index contributed by atoms with van der Waals surface area (Å²) >= 11 is 0. The normalized spacial score (nSPS) is 33.2. The summed E-state index contributed by atoms with van der Waals surface area (Å²) in [6, 6.07) is 0. The Morgan fingerprint density at radius 3 is 3.06 bits per heavy atom. The Morgan fingerprint density at radius 1 is 1.44 bits per heavy atom. The van der Waals surface area contributed by atoms with Gasteiger partial charge >= 0.3 is 5.97 Å². The highest BCUT2D eigenvalue weighted by molar-refractivity contribution is 5.91. The molecule has 0 aromatic rings. The Bertz CT molecular complexity index is 440. The molecule has 0 aromatic heterocycles. The maximum absolute atomic E-state index is 11.6. The van der Waals surface area contributed by atoms with Gasteiger partial charge in [0.25, 0.3) is 0 Å². The number of hydrogen-bond acceptors (Lipinski definition) is 2. The van der Waals surface area contributed by atoms with Crippen molar-refractivity contribution in [3.05, 3.63) is 34.9 Å². The summed E-state index contributed by atoms with van der Waals surface area (Å²) in [4.78, 5) is 11.6. The van der Waals surface area contributed by atoms with Crippen molar-refractivity contribution in [3.63, 3.8) is 0 Å². The van der Waals surface area contributed by atoms with E-state index < -0.39 is 0 Å². The van der Waals surface area contributed by atoms with Crippen molar-refractivity contribution < 1.29 is 9.53 Å². The molecule has 1 saturated heterocycles. The number of rotatable bonds is 0. The molecular weight excluding hydrogens is 200 g/mol. The third-order valence-electron chi connectivity index (χ3n) is 4.03. The van der Waals surface area contributed by atoms with Gasteiger partial charge in [0.05, 0.1) is 0 Å². The van der Waals surface area contributed by atoms with Gasteiger partial charge in [-0.25, -0.2) is 4.79 Å². The van der Waals surface area contributed by atoms with Crippen LogP contribution in [0.25, 0.3) is 0 Å². The van der Waals surface area contributed by atoms with Crippen LogP contribution in [0.3, 0.4) is 0 Å². The van der Waals surface area contributed by atoms with Crippen molar-refractivity contribution >= 4 is 5.97 Å². The number of ether oxygens (including phenoxy) is 1. The zero-order valence-corrected chi connectivity index (χ0v) is 9.58. The summed E-state index contributed by atoms with van der Waals surface area (Å²) in [5.74, 6) is 0.0369. The molecule has 0 N–H and O–H groups in total. The molecule has 1 unspecified atom stereocenters. The van der Waals surface area contributed by atoms with Gasteiger partial charge in [-0.1, -0.05) is 18.2 Å². The first kappa shape index (κ1) is 9.88. The van der Waals surface area contributed by atoms with E-state index in [0.29, 0.717) is 5.57 Å². The molecule has 2 nitrogen and oxygen atoms in total. The number of allylic oxidation sites excluding steroid dienone is 2. The van der Waals surface area contributed by atoms with Crippen molar-refractivity contribution in [2.24, 2.45) is 5.92 Å². The monoisotopic (exact) mass is 216 g/mol. The Hall–Kier alpha value is -1.31. The molecule has 0 radical (unpaired) electrons. The van der Waals surface area contributed by atoms with E-state index >= 15 is 0 Å². The van der Waals surface area contributed by atoms with E-state index in [-0.39, 0.29) is 18.0 Å². The maximum Gasteiger partial charge on any atom is 0.334 e. The average Bonchev–Trinajstić information content (AvgIpc) is 2.55. The molecular formula is C14H16O2. The quantitative estimate of drug-likeness (QED) is 0.459. The van der Waals surface area contributed by atoms with Crippen LogP contribution in [0.2, 0.25) is 0 Å². The first-order valence-electron chi connectivity index (χ1n) is 5.97. The summed E-state index contributed by atoms with van der Waals surface area (Å²) < 4.78 is 5.48. The largest absolute Gasteiger partial charge is 0.453 e. The second kappa shape index (κ2) is 3.34. The molecule has 0 amide bonds. The molecule has 1 heterocycles. The van der Waals surface area contributed by atoms with Gasteiger partial charge in [-0.3, -0.25) is 0 Å². The molecule has 3 rings (SSSR count). The number of carbonyl (C=O) groups is 1. The van der Waals surface area contributed by atoms with Crippen LogP contribution in [0.1, 0.15) is 32.6 Å². The number of carbonyl (C=O) groups excluding carboxylic acids is 1. The predicted molar refractivity (Wildman–Crippen MR) is 61.8 cm³/mol. The highest BCUT2D eigenvalue weighted by Crippen LogP contribution is 2.46. The number of fused-ring (bicyclic) bond motifs is 3. The summed E-state index contributed by atoms with van der Waals surface area (Å²) in [5, 5.41) is 0. The van der Waals surface area contributed by atoms with Gasteiger partial charge in [-0.15, -0.1) is 0 Å². The Kier molecular flexibility index (Phi) is 2.06. The van der Waals surface area contributed by atoms with Crippen LogP contribution in [0.15, 0.2) is 34.9 Å². The third-order valence-corrected chi connectivity index (χ3v) is 4.03. The van der Waals surface area contributed by atoms with Crippen LogP contribution in [-0.2, 0) is 9.53 Å². The van der Waals surface area contributed by atoms with Crippen LogP contribution in [-0.4, -0.2) is 12.1 Å². The highest BCUT2D eigenvalue weighted by Gasteiger charge is 2.44. The molecule has 2 atom stereocenters. The van der Waals surface area contributed by atoms with Crippen molar-refractivity contribution in [1.29, 1.82) is 0 Å². The fourth-order valence-corrected chi connectivity index (χ4v) is 3.15. The predicted octanol–water partition coefficient (Wildman–Crippen LogP) is 2.91. The van der Waals surface area contributed by atoms with Gasteiger partial charge in [-0.2, -0.15) is 0 Å². The molecule has 2 aliphatic carbocycles. The lowest BCUT2D eigenvalue weighted by molar-refractivity contribution is -0.137. The lowest BCUT2D eigenvalue weighted by atomic mass is 9.74. The molecule has 1 saturated carbocycles. The van der Waals surface area contributed by atoms with Crippen molar-refractivity contribution in [2.45, 2.75) is 38.7 Å². The highest BCUT2D eigenvalue weighted by atomic mass is 16.6. The first-order chi connectivity index (χ1) is 7.68. The zero-order valence-electron chi connectivity index (χ0n) is 9.58. The van der Waals surface area contributed by atoms with E-state index in [1.807, 2.05) is 0 Å². The van der Waals surface area contributed by atoms with Crippen LogP contribution < -0.4 is 0 Å². The van der Waals surface area contributed by atoms with Crippen molar-refractivity contribution in [3.8, 4) is 0 Å². The van der Waals surface area contributed by atoms with Gasteiger partial charge in [0.2, 0.25) is 0 Å².